The summed E-state index contributed by atoms with van der Waals surface area (Å²) >= 11 is 1.59. The highest BCUT2D eigenvalue weighted by molar-refractivity contribution is 7.18. The normalized spacial score (nSPS) is 15.4. The van der Waals surface area contributed by atoms with E-state index in [0.29, 0.717) is 11.3 Å². The van der Waals surface area contributed by atoms with Crippen LogP contribution in [0.1, 0.15) is 34.9 Å². The van der Waals surface area contributed by atoms with Crippen molar-refractivity contribution in [1.29, 1.82) is 0 Å². The Morgan fingerprint density at radius 3 is 2.72 bits per heavy atom. The van der Waals surface area contributed by atoms with Crippen LogP contribution in [0.3, 0.4) is 0 Å². The maximum atomic E-state index is 13.1. The van der Waals surface area contributed by atoms with Crippen LogP contribution in [0, 0.1) is 19.8 Å². The molecule has 2 heterocycles. The van der Waals surface area contributed by atoms with Crippen molar-refractivity contribution >= 4 is 39.1 Å². The molecule has 0 radical (unpaired) electrons. The molecule has 32 heavy (non-hydrogen) atoms. The molecule has 8 heteroatoms. The average molecular weight is 453 g/mol. The Labute approximate surface area is 191 Å². The number of hydrogen-bond acceptors (Lipinski definition) is 5. The van der Waals surface area contributed by atoms with E-state index in [-0.39, 0.29) is 30.5 Å². The molecule has 0 spiro atoms. The van der Waals surface area contributed by atoms with E-state index >= 15 is 0 Å². The number of likely N-dealkylation sites (N-methyl/N-ethyl adjacent to an activating group) is 1. The van der Waals surface area contributed by atoms with E-state index in [1.807, 2.05) is 32.0 Å². The van der Waals surface area contributed by atoms with Crippen LogP contribution in [0.2, 0.25) is 0 Å². The number of fused-ring (bicyclic) bond motifs is 3. The number of hydrogen-bond donors (Lipinski definition) is 1. The Bertz CT molecular complexity index is 1240. The summed E-state index contributed by atoms with van der Waals surface area (Å²) < 4.78 is 1.36. The second-order valence-electron chi connectivity index (χ2n) is 8.77. The van der Waals surface area contributed by atoms with E-state index in [9.17, 15) is 14.4 Å². The first-order valence-corrected chi connectivity index (χ1v) is 11.7. The molecule has 0 aliphatic heterocycles. The van der Waals surface area contributed by atoms with Crippen LogP contribution < -0.4 is 10.9 Å². The Kier molecular flexibility index (Phi) is 6.15. The molecular weight excluding hydrogens is 424 g/mol. The van der Waals surface area contributed by atoms with Crippen molar-refractivity contribution in [2.24, 2.45) is 5.92 Å². The van der Waals surface area contributed by atoms with Crippen molar-refractivity contribution in [2.45, 2.75) is 46.6 Å². The number of benzene rings is 1. The van der Waals surface area contributed by atoms with Crippen LogP contribution in [0.15, 0.2) is 29.3 Å². The highest BCUT2D eigenvalue weighted by Crippen LogP contribution is 2.35. The lowest BCUT2D eigenvalue weighted by molar-refractivity contribution is -0.133. The van der Waals surface area contributed by atoms with E-state index in [1.54, 1.807) is 18.4 Å². The maximum Gasteiger partial charge on any atom is 0.262 e. The molecule has 1 atom stereocenters. The summed E-state index contributed by atoms with van der Waals surface area (Å²) in [5.74, 6) is 0.0189. The van der Waals surface area contributed by atoms with E-state index in [2.05, 4.69) is 17.2 Å². The van der Waals surface area contributed by atoms with E-state index in [1.165, 1.54) is 20.7 Å². The number of para-hydroxylation sites is 1. The van der Waals surface area contributed by atoms with Gasteiger partial charge in [0.1, 0.15) is 11.4 Å². The summed E-state index contributed by atoms with van der Waals surface area (Å²) in [7, 11) is 1.57. The highest BCUT2D eigenvalue weighted by atomic mass is 32.1. The minimum atomic E-state index is -0.317. The molecule has 1 aliphatic rings. The van der Waals surface area contributed by atoms with Gasteiger partial charge in [0.25, 0.3) is 5.56 Å². The number of aromatic nitrogens is 2. The van der Waals surface area contributed by atoms with Gasteiger partial charge < -0.3 is 10.2 Å². The fourth-order valence-corrected chi connectivity index (χ4v) is 5.58. The van der Waals surface area contributed by atoms with Crippen molar-refractivity contribution < 1.29 is 9.59 Å². The van der Waals surface area contributed by atoms with Crippen molar-refractivity contribution in [3.05, 3.63) is 56.4 Å². The number of carbonyl (C=O) groups is 2. The van der Waals surface area contributed by atoms with Crippen LogP contribution in [-0.4, -0.2) is 39.9 Å². The van der Waals surface area contributed by atoms with Gasteiger partial charge in [0.05, 0.1) is 18.3 Å². The quantitative estimate of drug-likeness (QED) is 0.644. The number of anilines is 1. The van der Waals surface area contributed by atoms with Gasteiger partial charge in [-0.15, -0.1) is 11.3 Å². The smallest absolute Gasteiger partial charge is 0.262 e. The molecule has 1 unspecified atom stereocenters. The van der Waals surface area contributed by atoms with Gasteiger partial charge >= 0.3 is 0 Å². The summed E-state index contributed by atoms with van der Waals surface area (Å²) in [6.07, 6.45) is 4.36. The monoisotopic (exact) mass is 452 g/mol. The number of amides is 2. The van der Waals surface area contributed by atoms with Crippen molar-refractivity contribution in [3.63, 3.8) is 0 Å². The van der Waals surface area contributed by atoms with Gasteiger partial charge in [-0.05, 0) is 55.7 Å². The molecular formula is C24H28N4O3S. The van der Waals surface area contributed by atoms with Crippen LogP contribution in [-0.2, 0) is 29.0 Å². The fourth-order valence-electron chi connectivity index (χ4n) is 4.24. The molecule has 0 fully saturated rings. The zero-order chi connectivity index (χ0) is 23.0. The molecule has 0 saturated heterocycles. The number of carbonyl (C=O) groups excluding carboxylic acids is 2. The van der Waals surface area contributed by atoms with E-state index < -0.39 is 0 Å². The predicted molar refractivity (Wildman–Crippen MR) is 127 cm³/mol. The second kappa shape index (κ2) is 8.86. The molecule has 0 bridgehead atoms. The van der Waals surface area contributed by atoms with Gasteiger partial charge in [-0.25, -0.2) is 4.98 Å². The van der Waals surface area contributed by atoms with Gasteiger partial charge in [0.15, 0.2) is 0 Å². The summed E-state index contributed by atoms with van der Waals surface area (Å²) in [6, 6.07) is 5.79. The molecule has 2 aromatic heterocycles. The predicted octanol–water partition coefficient (Wildman–Crippen LogP) is 3.30. The fraction of sp³-hybridized carbons (Fsp3) is 0.417. The van der Waals surface area contributed by atoms with Crippen LogP contribution in [0.25, 0.3) is 10.2 Å². The largest absolute Gasteiger partial charge is 0.335 e. The zero-order valence-corrected chi connectivity index (χ0v) is 19.7. The number of rotatable bonds is 5. The first kappa shape index (κ1) is 22.2. The zero-order valence-electron chi connectivity index (χ0n) is 18.9. The van der Waals surface area contributed by atoms with Gasteiger partial charge in [0, 0.05) is 17.6 Å². The third-order valence-electron chi connectivity index (χ3n) is 6.14. The highest BCUT2D eigenvalue weighted by Gasteiger charge is 2.24. The molecule has 1 aliphatic carbocycles. The second-order valence-corrected chi connectivity index (χ2v) is 9.86. The SMILES string of the molecule is Cc1cccc(C)c1NC(=O)CN(C)C(=O)Cn1cnc2sc3c(c2c1=O)CCC(C)C3. The minimum absolute atomic E-state index is 0.0945. The molecule has 4 rings (SSSR count). The van der Waals surface area contributed by atoms with Crippen LogP contribution in [0.5, 0.6) is 0 Å². The maximum absolute atomic E-state index is 13.1. The topological polar surface area (TPSA) is 84.3 Å². The number of nitrogens with one attached hydrogen (secondary N) is 1. The molecule has 1 N–H and O–H groups in total. The standard InChI is InChI=1S/C24H28N4O3S/c1-14-8-9-17-18(10-14)32-23-21(17)24(31)28(13-25-23)12-20(30)27(4)11-19(29)26-22-15(2)6-5-7-16(22)3/h5-7,13-14H,8-12H2,1-4H3,(H,26,29). The van der Waals surface area contributed by atoms with Gasteiger partial charge in [-0.2, -0.15) is 0 Å². The number of aryl methyl sites for hydroxylation is 3. The summed E-state index contributed by atoms with van der Waals surface area (Å²) in [5, 5.41) is 3.54. The number of nitrogens with zero attached hydrogens (tertiary/aromatic N) is 3. The van der Waals surface area contributed by atoms with Crippen molar-refractivity contribution in [1.82, 2.24) is 14.5 Å². The summed E-state index contributed by atoms with van der Waals surface area (Å²) in [6.45, 7) is 5.84. The van der Waals surface area contributed by atoms with Gasteiger partial charge in [0.2, 0.25) is 11.8 Å². The van der Waals surface area contributed by atoms with Gasteiger partial charge in [-0.1, -0.05) is 25.1 Å². The summed E-state index contributed by atoms with van der Waals surface area (Å²) in [4.78, 5) is 46.1. The molecule has 168 valence electrons. The first-order valence-electron chi connectivity index (χ1n) is 10.8. The van der Waals surface area contributed by atoms with Crippen LogP contribution >= 0.6 is 11.3 Å². The molecule has 0 saturated carbocycles. The van der Waals surface area contributed by atoms with Gasteiger partial charge in [-0.3, -0.25) is 19.0 Å². The third kappa shape index (κ3) is 4.32. The average Bonchev–Trinajstić information content (AvgIpc) is 3.11. The molecule has 2 amide bonds. The Morgan fingerprint density at radius 1 is 1.28 bits per heavy atom. The Balaban J connectivity index is 1.47. The third-order valence-corrected chi connectivity index (χ3v) is 7.30. The number of thiophene rings is 1. The van der Waals surface area contributed by atoms with Crippen molar-refractivity contribution in [2.75, 3.05) is 18.9 Å². The molecule has 1 aromatic carbocycles. The van der Waals surface area contributed by atoms with E-state index in [0.717, 1.165) is 46.5 Å². The van der Waals surface area contributed by atoms with Crippen LogP contribution in [0.4, 0.5) is 5.69 Å². The summed E-state index contributed by atoms with van der Waals surface area (Å²) in [5.41, 5.74) is 3.62. The minimum Gasteiger partial charge on any atom is -0.335 e. The first-order chi connectivity index (χ1) is 15.2. The molecule has 7 nitrogen and oxygen atoms in total. The Morgan fingerprint density at radius 2 is 2.00 bits per heavy atom. The lowest BCUT2D eigenvalue weighted by atomic mass is 9.89. The lowest BCUT2D eigenvalue weighted by Gasteiger charge is -2.19. The molecule has 3 aromatic rings. The van der Waals surface area contributed by atoms with Crippen molar-refractivity contribution in [3.8, 4) is 0 Å². The Hall–Kier alpha value is -3.00. The van der Waals surface area contributed by atoms with E-state index in [4.69, 9.17) is 0 Å². The lowest BCUT2D eigenvalue weighted by Crippen LogP contribution is -2.38.